The largest absolute Gasteiger partial charge is 0.379 e. The molecule has 2 aliphatic rings. The van der Waals surface area contributed by atoms with Crippen LogP contribution in [0.2, 0.25) is 0 Å². The van der Waals surface area contributed by atoms with E-state index in [1.165, 1.54) is 0 Å². The predicted molar refractivity (Wildman–Crippen MR) is 110 cm³/mol. The molecule has 0 aromatic carbocycles. The van der Waals surface area contributed by atoms with Gasteiger partial charge in [0.25, 0.3) is 5.91 Å². The fourth-order valence-electron chi connectivity index (χ4n) is 4.32. The Bertz CT molecular complexity index is 1000. The molecule has 0 aliphatic carbocycles. The molecule has 2 aliphatic heterocycles. The summed E-state index contributed by atoms with van der Waals surface area (Å²) in [6.07, 6.45) is 7.03. The second-order valence-corrected chi connectivity index (χ2v) is 7.67. The first-order chi connectivity index (χ1) is 14.8. The fraction of sp³-hybridized carbons (Fsp3) is 0.409. The first kappa shape index (κ1) is 19.2. The average Bonchev–Trinajstić information content (AvgIpc) is 3.28. The van der Waals surface area contributed by atoms with Crippen LogP contribution in [0.3, 0.4) is 0 Å². The first-order valence-corrected chi connectivity index (χ1v) is 10.4. The highest BCUT2D eigenvalue weighted by molar-refractivity contribution is 5.95. The van der Waals surface area contributed by atoms with Gasteiger partial charge in [0.05, 0.1) is 37.5 Å². The molecule has 3 aromatic heterocycles. The van der Waals surface area contributed by atoms with Crippen LogP contribution in [0.4, 0.5) is 0 Å². The highest BCUT2D eigenvalue weighted by Gasteiger charge is 2.38. The molecule has 0 N–H and O–H groups in total. The third-order valence-corrected chi connectivity index (χ3v) is 5.83. The van der Waals surface area contributed by atoms with E-state index in [0.717, 1.165) is 43.9 Å². The van der Waals surface area contributed by atoms with Crippen molar-refractivity contribution in [3.63, 3.8) is 0 Å². The quantitative estimate of drug-likeness (QED) is 0.655. The van der Waals surface area contributed by atoms with E-state index in [1.54, 1.807) is 16.9 Å². The molecule has 0 radical (unpaired) electrons. The summed E-state index contributed by atoms with van der Waals surface area (Å²) in [4.78, 5) is 22.2. The summed E-state index contributed by atoms with van der Waals surface area (Å²) >= 11 is 0. The molecule has 0 unspecified atom stereocenters. The van der Waals surface area contributed by atoms with Crippen LogP contribution in [0.15, 0.2) is 55.1 Å². The van der Waals surface area contributed by atoms with Gasteiger partial charge >= 0.3 is 0 Å². The second kappa shape index (κ2) is 8.51. The summed E-state index contributed by atoms with van der Waals surface area (Å²) in [5, 5.41) is 4.22. The number of carbonyl (C=O) groups is 1. The van der Waals surface area contributed by atoms with Gasteiger partial charge in [0.2, 0.25) is 0 Å². The highest BCUT2D eigenvalue weighted by atomic mass is 16.5. The molecular formula is C22H25N5O3. The molecular weight excluding hydrogens is 382 g/mol. The zero-order valence-corrected chi connectivity index (χ0v) is 16.8. The van der Waals surface area contributed by atoms with Crippen LogP contribution in [0.1, 0.15) is 22.0 Å². The molecule has 156 valence electrons. The number of fused-ring (bicyclic) bond motifs is 1. The van der Waals surface area contributed by atoms with Gasteiger partial charge < -0.3 is 14.4 Å². The Morgan fingerprint density at radius 1 is 1.10 bits per heavy atom. The van der Waals surface area contributed by atoms with Crippen molar-refractivity contribution in [3.8, 4) is 0 Å². The van der Waals surface area contributed by atoms with E-state index in [9.17, 15) is 4.79 Å². The van der Waals surface area contributed by atoms with Gasteiger partial charge in [-0.15, -0.1) is 0 Å². The molecule has 0 bridgehead atoms. The topological polar surface area (TPSA) is 72.2 Å². The van der Waals surface area contributed by atoms with Crippen LogP contribution in [-0.4, -0.2) is 82.4 Å². The number of morpholine rings is 2. The average molecular weight is 407 g/mol. The second-order valence-electron chi connectivity index (χ2n) is 7.67. The lowest BCUT2D eigenvalue weighted by Gasteiger charge is -2.43. The van der Waals surface area contributed by atoms with Gasteiger partial charge in [0.1, 0.15) is 0 Å². The number of rotatable bonds is 4. The SMILES string of the molecule is O=C(c1ccn2nccc2c1)N1CCO[C@@H](CN2CCOCC2)[C@@H]1c1cccnc1. The summed E-state index contributed by atoms with van der Waals surface area (Å²) in [6.45, 7) is 5.05. The number of amides is 1. The maximum Gasteiger partial charge on any atom is 0.254 e. The third-order valence-electron chi connectivity index (χ3n) is 5.83. The summed E-state index contributed by atoms with van der Waals surface area (Å²) in [7, 11) is 0. The van der Waals surface area contributed by atoms with Crippen molar-refractivity contribution in [1.82, 2.24) is 24.4 Å². The van der Waals surface area contributed by atoms with Crippen LogP contribution in [0.25, 0.3) is 5.52 Å². The lowest BCUT2D eigenvalue weighted by atomic mass is 9.97. The van der Waals surface area contributed by atoms with E-state index in [2.05, 4.69) is 15.0 Å². The van der Waals surface area contributed by atoms with E-state index in [1.807, 2.05) is 47.6 Å². The minimum atomic E-state index is -0.191. The van der Waals surface area contributed by atoms with Gasteiger partial charge in [0, 0.05) is 56.5 Å². The molecule has 8 nitrogen and oxygen atoms in total. The van der Waals surface area contributed by atoms with Crippen molar-refractivity contribution in [1.29, 1.82) is 0 Å². The summed E-state index contributed by atoms with van der Waals surface area (Å²) in [5.74, 6) is 0.00262. The Morgan fingerprint density at radius 2 is 2.00 bits per heavy atom. The maximum atomic E-state index is 13.6. The van der Waals surface area contributed by atoms with Crippen LogP contribution < -0.4 is 0 Å². The van der Waals surface area contributed by atoms with E-state index in [4.69, 9.17) is 9.47 Å². The number of ether oxygens (including phenoxy) is 2. The van der Waals surface area contributed by atoms with Crippen LogP contribution >= 0.6 is 0 Å². The molecule has 2 atom stereocenters. The number of hydrogen-bond donors (Lipinski definition) is 0. The Hall–Kier alpha value is -2.81. The normalized spacial score (nSPS) is 23.0. The number of pyridine rings is 2. The zero-order valence-electron chi connectivity index (χ0n) is 16.8. The predicted octanol–water partition coefficient (Wildman–Crippen LogP) is 1.64. The molecule has 8 heteroatoms. The van der Waals surface area contributed by atoms with Gasteiger partial charge in [-0.2, -0.15) is 5.10 Å². The molecule has 1 amide bonds. The number of carbonyl (C=O) groups excluding carboxylic acids is 1. The van der Waals surface area contributed by atoms with Crippen molar-refractivity contribution < 1.29 is 14.3 Å². The Morgan fingerprint density at radius 3 is 2.83 bits per heavy atom. The van der Waals surface area contributed by atoms with E-state index < -0.39 is 0 Å². The summed E-state index contributed by atoms with van der Waals surface area (Å²) in [5.41, 5.74) is 2.55. The van der Waals surface area contributed by atoms with E-state index in [0.29, 0.717) is 18.7 Å². The van der Waals surface area contributed by atoms with Gasteiger partial charge in [0.15, 0.2) is 0 Å². The van der Waals surface area contributed by atoms with Crippen LogP contribution in [-0.2, 0) is 9.47 Å². The van der Waals surface area contributed by atoms with Crippen LogP contribution in [0, 0.1) is 0 Å². The zero-order chi connectivity index (χ0) is 20.3. The van der Waals surface area contributed by atoms with Crippen molar-refractivity contribution in [2.75, 3.05) is 46.0 Å². The fourth-order valence-corrected chi connectivity index (χ4v) is 4.32. The highest BCUT2D eigenvalue weighted by Crippen LogP contribution is 2.31. The van der Waals surface area contributed by atoms with Crippen LogP contribution in [0.5, 0.6) is 0 Å². The lowest BCUT2D eigenvalue weighted by Crippen LogP contribution is -2.53. The van der Waals surface area contributed by atoms with Crippen molar-refractivity contribution >= 4 is 11.4 Å². The molecule has 5 rings (SSSR count). The minimum Gasteiger partial charge on any atom is -0.379 e. The number of nitrogens with zero attached hydrogens (tertiary/aromatic N) is 5. The van der Waals surface area contributed by atoms with Crippen molar-refractivity contribution in [2.45, 2.75) is 12.1 Å². The Kier molecular flexibility index (Phi) is 5.44. The number of aromatic nitrogens is 3. The standard InChI is InChI=1S/C22H25N5O3/c28-22(17-4-7-27-19(14-17)3-6-24-27)26-10-13-30-20(16-25-8-11-29-12-9-25)21(26)18-2-1-5-23-15-18/h1-7,14-15,20-21H,8-13,16H2/t20-,21-/m0/s1. The number of hydrogen-bond acceptors (Lipinski definition) is 6. The smallest absolute Gasteiger partial charge is 0.254 e. The molecule has 0 spiro atoms. The monoisotopic (exact) mass is 407 g/mol. The van der Waals surface area contributed by atoms with E-state index >= 15 is 0 Å². The molecule has 30 heavy (non-hydrogen) atoms. The van der Waals surface area contributed by atoms with Gasteiger partial charge in [-0.25, -0.2) is 4.52 Å². The first-order valence-electron chi connectivity index (χ1n) is 10.4. The van der Waals surface area contributed by atoms with Gasteiger partial charge in [-0.1, -0.05) is 6.07 Å². The minimum absolute atomic E-state index is 0.00262. The molecule has 3 aromatic rings. The molecule has 2 fully saturated rings. The molecule has 2 saturated heterocycles. The molecule has 5 heterocycles. The third kappa shape index (κ3) is 3.81. The Labute approximate surface area is 175 Å². The maximum absolute atomic E-state index is 13.6. The van der Waals surface area contributed by atoms with Crippen molar-refractivity contribution in [2.24, 2.45) is 0 Å². The van der Waals surface area contributed by atoms with E-state index in [-0.39, 0.29) is 18.1 Å². The molecule has 0 saturated carbocycles. The van der Waals surface area contributed by atoms with Crippen molar-refractivity contribution in [3.05, 3.63) is 66.2 Å². The summed E-state index contributed by atoms with van der Waals surface area (Å²) < 4.78 is 13.4. The van der Waals surface area contributed by atoms with Gasteiger partial charge in [-0.3, -0.25) is 14.7 Å². The Balaban J connectivity index is 1.45. The lowest BCUT2D eigenvalue weighted by molar-refractivity contribution is -0.0819. The summed E-state index contributed by atoms with van der Waals surface area (Å²) in [6, 6.07) is 9.37. The van der Waals surface area contributed by atoms with Gasteiger partial charge in [-0.05, 0) is 29.8 Å².